The van der Waals surface area contributed by atoms with Crippen LogP contribution in [0.2, 0.25) is 0 Å². The lowest BCUT2D eigenvalue weighted by molar-refractivity contribution is -0.118. The van der Waals surface area contributed by atoms with Gasteiger partial charge in [0.1, 0.15) is 12.2 Å². The number of carbonyl (C=O) groups excluding carboxylic acids is 2. The predicted molar refractivity (Wildman–Crippen MR) is 88.8 cm³/mol. The van der Waals surface area contributed by atoms with Crippen molar-refractivity contribution in [3.05, 3.63) is 23.5 Å². The molecule has 2 rings (SSSR count). The maximum Gasteiger partial charge on any atom is 0.263 e. The van der Waals surface area contributed by atoms with E-state index >= 15 is 0 Å². The number of carbonyl (C=O) groups is 2. The molecule has 0 spiro atoms. The van der Waals surface area contributed by atoms with E-state index in [0.29, 0.717) is 18.8 Å². The van der Waals surface area contributed by atoms with Gasteiger partial charge in [-0.1, -0.05) is 0 Å². The molecule has 1 aliphatic rings. The Kier molecular flexibility index (Phi) is 6.10. The summed E-state index contributed by atoms with van der Waals surface area (Å²) in [7, 11) is 2.01. The Morgan fingerprint density at radius 2 is 1.96 bits per heavy atom. The van der Waals surface area contributed by atoms with Crippen LogP contribution in [0.1, 0.15) is 17.3 Å². The number of nitrogens with two attached hydrogens (primary N) is 1. The van der Waals surface area contributed by atoms with Gasteiger partial charge in [0.05, 0.1) is 5.69 Å². The number of piperazine rings is 1. The Morgan fingerprint density at radius 1 is 1.29 bits per heavy atom. The molecule has 2 amide bonds. The first kappa shape index (κ1) is 18.2. The Balaban J connectivity index is 2.39. The number of nitrogens with zero attached hydrogens (tertiary/aromatic N) is 2. The number of rotatable bonds is 5. The van der Waals surface area contributed by atoms with Crippen molar-refractivity contribution < 1.29 is 18.7 Å². The number of amides is 2. The van der Waals surface area contributed by atoms with Gasteiger partial charge in [-0.25, -0.2) is 4.39 Å². The normalized spacial score (nSPS) is 15.2. The van der Waals surface area contributed by atoms with E-state index in [4.69, 9.17) is 10.5 Å². The number of nitrogens with one attached hydrogen (secondary N) is 1. The van der Waals surface area contributed by atoms with Gasteiger partial charge < -0.3 is 20.3 Å². The van der Waals surface area contributed by atoms with E-state index < -0.39 is 17.6 Å². The molecular formula is C16H23FN4O3. The third kappa shape index (κ3) is 4.21. The highest BCUT2D eigenvalue weighted by atomic mass is 19.1. The average Bonchev–Trinajstić information content (AvgIpc) is 2.53. The van der Waals surface area contributed by atoms with Gasteiger partial charge in [0, 0.05) is 39.6 Å². The van der Waals surface area contributed by atoms with Crippen molar-refractivity contribution in [1.82, 2.24) is 10.2 Å². The average molecular weight is 338 g/mol. The van der Waals surface area contributed by atoms with Crippen LogP contribution >= 0.6 is 0 Å². The zero-order valence-electron chi connectivity index (χ0n) is 14.0. The smallest absolute Gasteiger partial charge is 0.263 e. The van der Waals surface area contributed by atoms with E-state index in [1.165, 1.54) is 13.0 Å². The summed E-state index contributed by atoms with van der Waals surface area (Å²) in [4.78, 5) is 27.6. The van der Waals surface area contributed by atoms with Crippen LogP contribution in [0.4, 0.5) is 10.1 Å². The zero-order chi connectivity index (χ0) is 17.7. The van der Waals surface area contributed by atoms with Crippen molar-refractivity contribution in [1.29, 1.82) is 0 Å². The molecule has 0 aliphatic carbocycles. The predicted octanol–water partition coefficient (Wildman–Crippen LogP) is 0.191. The summed E-state index contributed by atoms with van der Waals surface area (Å²) in [6.45, 7) is 4.52. The van der Waals surface area contributed by atoms with Gasteiger partial charge in [-0.3, -0.25) is 14.9 Å². The van der Waals surface area contributed by atoms with Crippen molar-refractivity contribution in [2.45, 2.75) is 6.92 Å². The molecule has 0 atom stereocenters. The lowest BCUT2D eigenvalue weighted by atomic mass is 10.1. The van der Waals surface area contributed by atoms with Crippen LogP contribution in [0.25, 0.3) is 0 Å². The van der Waals surface area contributed by atoms with E-state index in [9.17, 15) is 14.0 Å². The molecule has 3 N–H and O–H groups in total. The molecule has 1 aromatic carbocycles. The fourth-order valence-corrected chi connectivity index (χ4v) is 2.58. The van der Waals surface area contributed by atoms with Gasteiger partial charge in [-0.2, -0.15) is 0 Å². The number of hydrogen-bond donors (Lipinski definition) is 2. The summed E-state index contributed by atoms with van der Waals surface area (Å²) < 4.78 is 20.1. The molecule has 8 heteroatoms. The van der Waals surface area contributed by atoms with Gasteiger partial charge in [-0.05, 0) is 19.2 Å². The van der Waals surface area contributed by atoms with Crippen LogP contribution < -0.4 is 20.7 Å². The largest absolute Gasteiger partial charge is 0.489 e. The fourth-order valence-electron chi connectivity index (χ4n) is 2.58. The molecule has 1 fully saturated rings. The Labute approximate surface area is 140 Å². The molecule has 7 nitrogen and oxygen atoms in total. The Morgan fingerprint density at radius 3 is 2.54 bits per heavy atom. The second kappa shape index (κ2) is 8.07. The molecule has 1 heterocycles. The van der Waals surface area contributed by atoms with Gasteiger partial charge in [0.15, 0.2) is 11.6 Å². The van der Waals surface area contributed by atoms with Gasteiger partial charge in [-0.15, -0.1) is 0 Å². The van der Waals surface area contributed by atoms with Gasteiger partial charge in [0.25, 0.3) is 5.91 Å². The maximum atomic E-state index is 14.8. The summed E-state index contributed by atoms with van der Waals surface area (Å²) >= 11 is 0. The van der Waals surface area contributed by atoms with Crippen molar-refractivity contribution in [2.24, 2.45) is 5.73 Å². The van der Waals surface area contributed by atoms with Crippen LogP contribution in [0.5, 0.6) is 5.75 Å². The highest BCUT2D eigenvalue weighted by molar-refractivity contribution is 6.08. The second-order valence-electron chi connectivity index (χ2n) is 5.71. The first-order chi connectivity index (χ1) is 11.4. The molecule has 1 aromatic rings. The third-order valence-electron chi connectivity index (χ3n) is 3.82. The molecule has 24 heavy (non-hydrogen) atoms. The maximum absolute atomic E-state index is 14.8. The number of anilines is 1. The minimum absolute atomic E-state index is 0.0490. The molecule has 1 aliphatic heterocycles. The van der Waals surface area contributed by atoms with Crippen molar-refractivity contribution in [2.75, 3.05) is 51.3 Å². The SMILES string of the molecule is CC(=O)NC(=O)c1c(N2CCN(C)CC2)ccc(OCCN)c1F. The van der Waals surface area contributed by atoms with Crippen molar-refractivity contribution in [3.63, 3.8) is 0 Å². The number of ether oxygens (including phenoxy) is 1. The third-order valence-corrected chi connectivity index (χ3v) is 3.82. The van der Waals surface area contributed by atoms with Crippen LogP contribution in [0, 0.1) is 5.82 Å². The first-order valence-electron chi connectivity index (χ1n) is 7.84. The van der Waals surface area contributed by atoms with Crippen LogP contribution in [-0.4, -0.2) is 63.1 Å². The van der Waals surface area contributed by atoms with E-state index in [1.54, 1.807) is 6.07 Å². The number of imide groups is 1. The van der Waals surface area contributed by atoms with E-state index in [0.717, 1.165) is 13.1 Å². The molecule has 0 aromatic heterocycles. The van der Waals surface area contributed by atoms with Gasteiger partial charge in [0.2, 0.25) is 5.91 Å². The number of halogens is 1. The summed E-state index contributed by atoms with van der Waals surface area (Å²) in [5.41, 5.74) is 5.65. The van der Waals surface area contributed by atoms with Crippen molar-refractivity contribution in [3.8, 4) is 5.75 Å². The minimum atomic E-state index is -0.779. The number of benzene rings is 1. The van der Waals surface area contributed by atoms with Crippen LogP contribution in [-0.2, 0) is 4.79 Å². The molecular weight excluding hydrogens is 315 g/mol. The minimum Gasteiger partial charge on any atom is -0.489 e. The van der Waals surface area contributed by atoms with Crippen LogP contribution in [0.3, 0.4) is 0 Å². The first-order valence-corrected chi connectivity index (χ1v) is 7.84. The highest BCUT2D eigenvalue weighted by Crippen LogP contribution is 2.30. The molecule has 132 valence electrons. The lowest BCUT2D eigenvalue weighted by Gasteiger charge is -2.35. The molecule has 1 saturated heterocycles. The molecule has 0 bridgehead atoms. The summed E-state index contributed by atoms with van der Waals surface area (Å²) in [5, 5.41) is 2.14. The quantitative estimate of drug-likeness (QED) is 0.797. The van der Waals surface area contributed by atoms with E-state index in [2.05, 4.69) is 10.2 Å². The number of likely N-dealkylation sites (N-methyl/N-ethyl adjacent to an activating group) is 1. The molecule has 0 unspecified atom stereocenters. The summed E-state index contributed by atoms with van der Waals surface area (Å²) in [5.74, 6) is -2.14. The standard InChI is InChI=1S/C16H23FN4O3/c1-11(22)19-16(23)14-12(21-8-6-20(2)7-9-21)3-4-13(15(14)17)24-10-5-18/h3-4H,5-10,18H2,1-2H3,(H,19,22,23). The molecule has 0 saturated carbocycles. The molecule has 0 radical (unpaired) electrons. The van der Waals surface area contributed by atoms with E-state index in [-0.39, 0.29) is 24.5 Å². The van der Waals surface area contributed by atoms with E-state index in [1.807, 2.05) is 11.9 Å². The van der Waals surface area contributed by atoms with Crippen molar-refractivity contribution >= 4 is 17.5 Å². The summed E-state index contributed by atoms with van der Waals surface area (Å²) in [6.07, 6.45) is 0. The number of hydrogen-bond acceptors (Lipinski definition) is 6. The fraction of sp³-hybridized carbons (Fsp3) is 0.500. The van der Waals surface area contributed by atoms with Gasteiger partial charge >= 0.3 is 0 Å². The van der Waals surface area contributed by atoms with Crippen LogP contribution in [0.15, 0.2) is 12.1 Å². The highest BCUT2D eigenvalue weighted by Gasteiger charge is 2.26. The topological polar surface area (TPSA) is 87.9 Å². The Hall–Kier alpha value is -2.19. The summed E-state index contributed by atoms with van der Waals surface area (Å²) in [6, 6.07) is 3.14. The lowest BCUT2D eigenvalue weighted by Crippen LogP contribution is -2.45. The Bertz CT molecular complexity index is 616. The monoisotopic (exact) mass is 338 g/mol. The second-order valence-corrected chi connectivity index (χ2v) is 5.71. The zero-order valence-corrected chi connectivity index (χ0v) is 14.0.